The molecule has 2 atom stereocenters. The second-order valence-corrected chi connectivity index (χ2v) is 9.93. The van der Waals surface area contributed by atoms with E-state index in [1.807, 2.05) is 6.07 Å². The lowest BCUT2D eigenvalue weighted by molar-refractivity contribution is 0.0594. The molecule has 3 heteroatoms. The molecule has 0 aliphatic rings. The molecule has 0 heterocycles. The van der Waals surface area contributed by atoms with E-state index in [4.69, 9.17) is 9.47 Å². The summed E-state index contributed by atoms with van der Waals surface area (Å²) >= 11 is 0. The van der Waals surface area contributed by atoms with E-state index in [1.54, 1.807) is 6.07 Å². The van der Waals surface area contributed by atoms with Crippen molar-refractivity contribution < 1.29 is 14.6 Å². The highest BCUT2D eigenvalue weighted by Gasteiger charge is 2.15. The molecule has 192 valence electrons. The molecule has 0 spiro atoms. The normalized spacial score (nSPS) is 13.3. The summed E-state index contributed by atoms with van der Waals surface area (Å²) in [5.74, 6) is 0.387. The van der Waals surface area contributed by atoms with E-state index in [1.165, 1.54) is 82.6 Å². The Labute approximate surface area is 205 Å². The van der Waals surface area contributed by atoms with Gasteiger partial charge in [-0.15, -0.1) is 0 Å². The van der Waals surface area contributed by atoms with Gasteiger partial charge in [0.2, 0.25) is 0 Å². The van der Waals surface area contributed by atoms with Crippen LogP contribution in [-0.2, 0) is 22.3 Å². The molecule has 3 nitrogen and oxygen atoms in total. The first-order valence-corrected chi connectivity index (χ1v) is 14.1. The second-order valence-electron chi connectivity index (χ2n) is 9.93. The Morgan fingerprint density at radius 1 is 0.636 bits per heavy atom. The molecule has 0 bridgehead atoms. The molecule has 1 aromatic carbocycles. The van der Waals surface area contributed by atoms with Gasteiger partial charge in [-0.25, -0.2) is 0 Å². The number of aromatic hydroxyl groups is 1. The minimum absolute atomic E-state index is 0.112. The van der Waals surface area contributed by atoms with Crippen LogP contribution >= 0.6 is 0 Å². The summed E-state index contributed by atoms with van der Waals surface area (Å²) in [7, 11) is 0. The van der Waals surface area contributed by atoms with Gasteiger partial charge in [-0.3, -0.25) is 0 Å². The Morgan fingerprint density at radius 2 is 1.09 bits per heavy atom. The molecule has 1 N–H and O–H groups in total. The smallest absolute Gasteiger partial charge is 0.119 e. The van der Waals surface area contributed by atoms with Crippen molar-refractivity contribution in [1.82, 2.24) is 0 Å². The average Bonchev–Trinajstić information content (AvgIpc) is 2.79. The Bertz CT molecular complexity index is 572. The first-order chi connectivity index (χ1) is 16.1. The number of unbranched alkanes of at least 4 members (excludes halogenated alkanes) is 12. The third kappa shape index (κ3) is 15.5. The third-order valence-electron chi connectivity index (χ3n) is 6.55. The van der Waals surface area contributed by atoms with Gasteiger partial charge in [0, 0.05) is 19.6 Å². The minimum Gasteiger partial charge on any atom is -0.508 e. The number of rotatable bonds is 22. The number of ether oxygens (including phenoxy) is 2. The Kier molecular flexibility index (Phi) is 18.5. The van der Waals surface area contributed by atoms with Crippen LogP contribution < -0.4 is 0 Å². The first-order valence-electron chi connectivity index (χ1n) is 14.1. The zero-order valence-electron chi connectivity index (χ0n) is 22.4. The average molecular weight is 463 g/mol. The zero-order valence-corrected chi connectivity index (χ0v) is 22.4. The maximum Gasteiger partial charge on any atom is 0.119 e. The fourth-order valence-corrected chi connectivity index (χ4v) is 4.45. The highest BCUT2D eigenvalue weighted by Crippen LogP contribution is 2.25. The monoisotopic (exact) mass is 462 g/mol. The van der Waals surface area contributed by atoms with Gasteiger partial charge in [-0.05, 0) is 50.3 Å². The summed E-state index contributed by atoms with van der Waals surface area (Å²) in [6.45, 7) is 10.4. The predicted molar refractivity (Wildman–Crippen MR) is 142 cm³/mol. The third-order valence-corrected chi connectivity index (χ3v) is 6.55. The SMILES string of the molecule is CCCCCCCCCOC(C)Cc1cccc(O)c1CC(C)OCCCCCCCCC. The van der Waals surface area contributed by atoms with Crippen LogP contribution in [0.2, 0.25) is 0 Å². The van der Waals surface area contributed by atoms with E-state index in [0.29, 0.717) is 5.75 Å². The van der Waals surface area contributed by atoms with Gasteiger partial charge in [-0.2, -0.15) is 0 Å². The summed E-state index contributed by atoms with van der Waals surface area (Å²) < 4.78 is 12.2. The molecular formula is C30H54O3. The zero-order chi connectivity index (χ0) is 24.2. The highest BCUT2D eigenvalue weighted by molar-refractivity contribution is 5.40. The van der Waals surface area contributed by atoms with Crippen LogP contribution in [0.1, 0.15) is 129 Å². The van der Waals surface area contributed by atoms with Crippen molar-refractivity contribution in [2.45, 2.75) is 143 Å². The van der Waals surface area contributed by atoms with Crippen molar-refractivity contribution >= 4 is 0 Å². The molecule has 2 unspecified atom stereocenters. The van der Waals surface area contributed by atoms with Gasteiger partial charge < -0.3 is 14.6 Å². The van der Waals surface area contributed by atoms with Crippen LogP contribution in [0, 0.1) is 0 Å². The molecule has 1 aromatic rings. The minimum atomic E-state index is 0.112. The fraction of sp³-hybridized carbons (Fsp3) is 0.800. The van der Waals surface area contributed by atoms with Crippen LogP contribution in [0.3, 0.4) is 0 Å². The summed E-state index contributed by atoms with van der Waals surface area (Å²) in [6.07, 6.45) is 20.1. The van der Waals surface area contributed by atoms with Crippen LogP contribution in [0.5, 0.6) is 5.75 Å². The van der Waals surface area contributed by atoms with E-state index in [9.17, 15) is 5.11 Å². The molecule has 0 aromatic heterocycles. The van der Waals surface area contributed by atoms with E-state index in [-0.39, 0.29) is 12.2 Å². The largest absolute Gasteiger partial charge is 0.508 e. The van der Waals surface area contributed by atoms with Gasteiger partial charge in [-0.1, -0.05) is 103 Å². The molecule has 33 heavy (non-hydrogen) atoms. The van der Waals surface area contributed by atoms with Crippen molar-refractivity contribution in [1.29, 1.82) is 0 Å². The molecule has 0 radical (unpaired) electrons. The Hall–Kier alpha value is -1.06. The molecule has 0 saturated carbocycles. The van der Waals surface area contributed by atoms with Gasteiger partial charge >= 0.3 is 0 Å². The molecule has 0 aliphatic carbocycles. The van der Waals surface area contributed by atoms with E-state index >= 15 is 0 Å². The molecule has 0 aliphatic heterocycles. The Balaban J connectivity index is 2.30. The van der Waals surface area contributed by atoms with Gasteiger partial charge in [0.25, 0.3) is 0 Å². The number of hydrogen-bond acceptors (Lipinski definition) is 3. The van der Waals surface area contributed by atoms with Gasteiger partial charge in [0.15, 0.2) is 0 Å². The first kappa shape index (κ1) is 30.0. The number of benzene rings is 1. The van der Waals surface area contributed by atoms with Crippen molar-refractivity contribution in [3.8, 4) is 5.75 Å². The summed E-state index contributed by atoms with van der Waals surface area (Å²) in [4.78, 5) is 0. The molecule has 1 rings (SSSR count). The molecule has 0 saturated heterocycles. The summed E-state index contributed by atoms with van der Waals surface area (Å²) in [5.41, 5.74) is 2.21. The highest BCUT2D eigenvalue weighted by atomic mass is 16.5. The molecule has 0 amide bonds. The lowest BCUT2D eigenvalue weighted by atomic mass is 9.97. The predicted octanol–water partition coefficient (Wildman–Crippen LogP) is 8.79. The van der Waals surface area contributed by atoms with Crippen LogP contribution in [0.4, 0.5) is 0 Å². The standard InChI is InChI=1S/C30H54O3/c1-5-7-9-11-13-15-17-22-32-26(3)24-28-20-19-21-30(31)29(28)25-27(4)33-23-18-16-14-12-10-8-6-2/h19-21,26-27,31H,5-18,22-25H2,1-4H3. The lowest BCUT2D eigenvalue weighted by Gasteiger charge is -2.19. The second kappa shape index (κ2) is 20.3. The van der Waals surface area contributed by atoms with Gasteiger partial charge in [0.05, 0.1) is 12.2 Å². The molecular weight excluding hydrogens is 408 g/mol. The number of phenols is 1. The van der Waals surface area contributed by atoms with Gasteiger partial charge in [0.1, 0.15) is 5.75 Å². The summed E-state index contributed by atoms with van der Waals surface area (Å²) in [5, 5.41) is 10.5. The van der Waals surface area contributed by atoms with Crippen molar-refractivity contribution in [2.75, 3.05) is 13.2 Å². The van der Waals surface area contributed by atoms with Crippen molar-refractivity contribution in [2.24, 2.45) is 0 Å². The number of hydrogen-bond donors (Lipinski definition) is 1. The van der Waals surface area contributed by atoms with E-state index in [2.05, 4.69) is 33.8 Å². The van der Waals surface area contributed by atoms with E-state index < -0.39 is 0 Å². The van der Waals surface area contributed by atoms with Crippen LogP contribution in [0.25, 0.3) is 0 Å². The van der Waals surface area contributed by atoms with Crippen LogP contribution in [-0.4, -0.2) is 30.5 Å². The maximum absolute atomic E-state index is 10.5. The van der Waals surface area contributed by atoms with Crippen LogP contribution in [0.15, 0.2) is 18.2 Å². The molecule has 0 fully saturated rings. The fourth-order valence-electron chi connectivity index (χ4n) is 4.45. The summed E-state index contributed by atoms with van der Waals surface area (Å²) in [6, 6.07) is 5.87. The quantitative estimate of drug-likeness (QED) is 0.175. The van der Waals surface area contributed by atoms with Crippen molar-refractivity contribution in [3.05, 3.63) is 29.3 Å². The Morgan fingerprint density at radius 3 is 1.61 bits per heavy atom. The van der Waals surface area contributed by atoms with Crippen molar-refractivity contribution in [3.63, 3.8) is 0 Å². The van der Waals surface area contributed by atoms with E-state index in [0.717, 1.165) is 44.5 Å². The number of phenolic OH excluding ortho intramolecular Hbond substituents is 1. The lowest BCUT2D eigenvalue weighted by Crippen LogP contribution is -2.17. The maximum atomic E-state index is 10.5. The topological polar surface area (TPSA) is 38.7 Å².